The Kier molecular flexibility index (Phi) is 6.43. The Morgan fingerprint density at radius 2 is 2.15 bits per heavy atom. The molecule has 3 aromatic rings. The third-order valence-electron chi connectivity index (χ3n) is 5.29. The molecule has 0 saturated carbocycles. The summed E-state index contributed by atoms with van der Waals surface area (Å²) in [6.07, 6.45) is 2.63. The first-order chi connectivity index (χ1) is 16.2. The molecule has 10 nitrogen and oxygen atoms in total. The average Bonchev–Trinajstić information content (AvgIpc) is 3.24. The van der Waals surface area contributed by atoms with Crippen LogP contribution in [0.3, 0.4) is 0 Å². The van der Waals surface area contributed by atoms with Crippen molar-refractivity contribution in [2.24, 2.45) is 0 Å². The Balaban J connectivity index is 1.47. The molecule has 0 aliphatic carbocycles. The highest BCUT2D eigenvalue weighted by atomic mass is 19.1. The number of carbonyl (C=O) groups is 1. The van der Waals surface area contributed by atoms with E-state index in [4.69, 9.17) is 4.74 Å². The fourth-order valence-electron chi connectivity index (χ4n) is 3.65. The van der Waals surface area contributed by atoms with Crippen LogP contribution >= 0.6 is 0 Å². The Labute approximate surface area is 196 Å². The van der Waals surface area contributed by atoms with E-state index in [0.29, 0.717) is 41.8 Å². The van der Waals surface area contributed by atoms with Crippen LogP contribution in [0.25, 0.3) is 0 Å². The van der Waals surface area contributed by atoms with Crippen LogP contribution in [-0.2, 0) is 22.6 Å². The molecule has 0 radical (unpaired) electrons. The number of anilines is 3. The molecule has 1 unspecified atom stereocenters. The predicted octanol–water partition coefficient (Wildman–Crippen LogP) is 2.79. The fraction of sp³-hybridized carbons (Fsp3) is 0.348. The van der Waals surface area contributed by atoms with Crippen LogP contribution < -0.4 is 15.5 Å². The molecule has 1 aromatic carbocycles. The molecule has 4 rings (SSSR count). The quantitative estimate of drug-likeness (QED) is 0.548. The van der Waals surface area contributed by atoms with Gasteiger partial charge in [0.1, 0.15) is 11.5 Å². The van der Waals surface area contributed by atoms with E-state index in [1.54, 1.807) is 35.8 Å². The molecule has 1 atom stereocenters. The lowest BCUT2D eigenvalue weighted by atomic mass is 10.1. The highest BCUT2D eigenvalue weighted by molar-refractivity contribution is 6.02. The zero-order chi connectivity index (χ0) is 24.4. The van der Waals surface area contributed by atoms with Gasteiger partial charge in [0.05, 0.1) is 36.2 Å². The Hall–Kier alpha value is -4.04. The first-order valence-electron chi connectivity index (χ1n) is 10.8. The first-order valence-corrected chi connectivity index (χ1v) is 10.8. The molecule has 176 valence electrons. The summed E-state index contributed by atoms with van der Waals surface area (Å²) in [6.45, 7) is 6.30. The second-order valence-corrected chi connectivity index (χ2v) is 8.28. The zero-order valence-corrected chi connectivity index (χ0v) is 19.3. The number of likely N-dealkylation sites (N-methyl/N-ethyl adjacent to an activating group) is 1. The monoisotopic (exact) mass is 464 g/mol. The Bertz CT molecular complexity index is 1270. The summed E-state index contributed by atoms with van der Waals surface area (Å²) in [5, 5.41) is 19.6. The van der Waals surface area contributed by atoms with Crippen LogP contribution in [0.4, 0.5) is 21.8 Å². The number of nitriles is 1. The summed E-state index contributed by atoms with van der Waals surface area (Å²) in [6, 6.07) is 6.14. The van der Waals surface area contributed by atoms with E-state index in [0.717, 1.165) is 5.56 Å². The number of aryl methyl sites for hydroxylation is 1. The van der Waals surface area contributed by atoms with E-state index < -0.39 is 12.0 Å². The van der Waals surface area contributed by atoms with E-state index in [2.05, 4.69) is 25.7 Å². The molecule has 11 heteroatoms. The summed E-state index contributed by atoms with van der Waals surface area (Å²) in [7, 11) is 1.76. The lowest BCUT2D eigenvalue weighted by Gasteiger charge is -2.35. The van der Waals surface area contributed by atoms with Crippen molar-refractivity contribution < 1.29 is 13.9 Å². The largest absolute Gasteiger partial charge is 0.350 e. The number of ether oxygens (including phenoxy) is 1. The normalized spacial score (nSPS) is 15.1. The molecule has 2 N–H and O–H groups in total. The summed E-state index contributed by atoms with van der Waals surface area (Å²) in [5.41, 5.74) is 3.03. The van der Waals surface area contributed by atoms with Crippen LogP contribution in [0.15, 0.2) is 30.6 Å². The molecule has 0 fully saturated rings. The third kappa shape index (κ3) is 4.82. The number of rotatable bonds is 7. The van der Waals surface area contributed by atoms with E-state index in [1.165, 1.54) is 12.1 Å². The molecule has 0 saturated heterocycles. The molecular weight excluding hydrogens is 439 g/mol. The summed E-state index contributed by atoms with van der Waals surface area (Å²) in [5.74, 6) is 0.263. The zero-order valence-electron chi connectivity index (χ0n) is 19.3. The number of carbonyl (C=O) groups excluding carboxylic acids is 1. The third-order valence-corrected chi connectivity index (χ3v) is 5.29. The SMILES string of the molecule is Cc1nc(NCc2cnn(Cc3ccc(F)cc3C#N)c2)nc2c1NC(=O)C(OC(C)C)N2C. The Morgan fingerprint density at radius 1 is 1.35 bits per heavy atom. The molecule has 0 spiro atoms. The first kappa shape index (κ1) is 23.1. The molecular formula is C23H25FN8O2. The molecule has 0 bridgehead atoms. The minimum absolute atomic E-state index is 0.129. The van der Waals surface area contributed by atoms with Gasteiger partial charge >= 0.3 is 0 Å². The minimum Gasteiger partial charge on any atom is -0.350 e. The highest BCUT2D eigenvalue weighted by Gasteiger charge is 2.34. The lowest BCUT2D eigenvalue weighted by Crippen LogP contribution is -2.49. The summed E-state index contributed by atoms with van der Waals surface area (Å²) >= 11 is 0. The van der Waals surface area contributed by atoms with Gasteiger partial charge in [0, 0.05) is 25.4 Å². The van der Waals surface area contributed by atoms with Crippen LogP contribution in [0, 0.1) is 24.1 Å². The van der Waals surface area contributed by atoms with Gasteiger partial charge in [-0.25, -0.2) is 9.37 Å². The number of hydrogen-bond acceptors (Lipinski definition) is 8. The number of nitrogens with zero attached hydrogens (tertiary/aromatic N) is 6. The van der Waals surface area contributed by atoms with Gasteiger partial charge in [-0.2, -0.15) is 15.3 Å². The number of benzene rings is 1. The minimum atomic E-state index is -0.780. The van der Waals surface area contributed by atoms with E-state index in [1.807, 2.05) is 26.1 Å². The van der Waals surface area contributed by atoms with Crippen LogP contribution in [0.2, 0.25) is 0 Å². The van der Waals surface area contributed by atoms with Gasteiger partial charge in [0.2, 0.25) is 12.2 Å². The maximum Gasteiger partial charge on any atom is 0.274 e. The Morgan fingerprint density at radius 3 is 2.88 bits per heavy atom. The number of aromatic nitrogens is 4. The van der Waals surface area contributed by atoms with Crippen molar-refractivity contribution in [3.8, 4) is 6.07 Å². The second kappa shape index (κ2) is 9.44. The number of hydrogen-bond donors (Lipinski definition) is 2. The van der Waals surface area contributed by atoms with E-state index >= 15 is 0 Å². The van der Waals surface area contributed by atoms with Gasteiger partial charge in [-0.1, -0.05) is 6.07 Å². The lowest BCUT2D eigenvalue weighted by molar-refractivity contribution is -0.130. The van der Waals surface area contributed by atoms with Crippen LogP contribution in [0.1, 0.15) is 36.2 Å². The summed E-state index contributed by atoms with van der Waals surface area (Å²) < 4.78 is 20.8. The van der Waals surface area contributed by atoms with E-state index in [-0.39, 0.29) is 17.6 Å². The van der Waals surface area contributed by atoms with Gasteiger partial charge in [0.15, 0.2) is 5.82 Å². The molecule has 1 amide bonds. The van der Waals surface area contributed by atoms with Crippen molar-refractivity contribution in [3.63, 3.8) is 0 Å². The molecule has 1 aliphatic rings. The van der Waals surface area contributed by atoms with Crippen molar-refractivity contribution in [3.05, 3.63) is 58.8 Å². The maximum absolute atomic E-state index is 13.4. The topological polar surface area (TPSA) is 121 Å². The maximum atomic E-state index is 13.4. The van der Waals surface area contributed by atoms with E-state index in [9.17, 15) is 14.4 Å². The molecule has 3 heterocycles. The number of nitrogens with one attached hydrogen (secondary N) is 2. The van der Waals surface area contributed by atoms with Crippen LogP contribution in [0.5, 0.6) is 0 Å². The summed E-state index contributed by atoms with van der Waals surface area (Å²) in [4.78, 5) is 23.2. The molecule has 34 heavy (non-hydrogen) atoms. The smallest absolute Gasteiger partial charge is 0.274 e. The van der Waals surface area contributed by atoms with Gasteiger partial charge in [-0.05, 0) is 38.5 Å². The van der Waals surface area contributed by atoms with Gasteiger partial charge in [-0.3, -0.25) is 9.48 Å². The van der Waals surface area contributed by atoms with Gasteiger partial charge in [0.25, 0.3) is 5.91 Å². The number of amides is 1. The average molecular weight is 465 g/mol. The molecule has 2 aromatic heterocycles. The number of fused-ring (bicyclic) bond motifs is 1. The predicted molar refractivity (Wildman–Crippen MR) is 124 cm³/mol. The molecule has 1 aliphatic heterocycles. The fourth-order valence-corrected chi connectivity index (χ4v) is 3.65. The van der Waals surface area contributed by atoms with Crippen molar-refractivity contribution in [1.29, 1.82) is 5.26 Å². The van der Waals surface area contributed by atoms with Crippen molar-refractivity contribution in [2.45, 2.75) is 46.2 Å². The van der Waals surface area contributed by atoms with Gasteiger partial charge < -0.3 is 20.3 Å². The van der Waals surface area contributed by atoms with Crippen molar-refractivity contribution >= 4 is 23.4 Å². The standard InChI is InChI=1S/C23H25FN8O2/c1-13(2)34-22-21(33)29-19-14(3)28-23(30-20(19)31(22)4)26-9-15-10-27-32(11-15)12-16-5-6-18(24)7-17(16)8-25/h5-7,10-11,13,22H,9,12H2,1-4H3,(H,29,33)(H,26,28,30). The van der Waals surface area contributed by atoms with Crippen molar-refractivity contribution in [2.75, 3.05) is 22.6 Å². The number of halogens is 1. The van der Waals surface area contributed by atoms with Gasteiger partial charge in [-0.15, -0.1) is 0 Å². The van der Waals surface area contributed by atoms with Crippen molar-refractivity contribution in [1.82, 2.24) is 19.7 Å². The second-order valence-electron chi connectivity index (χ2n) is 8.28. The highest BCUT2D eigenvalue weighted by Crippen LogP contribution is 2.32. The van der Waals surface area contributed by atoms with Crippen LogP contribution in [-0.4, -0.2) is 45.0 Å².